The lowest BCUT2D eigenvalue weighted by molar-refractivity contribution is -0.133. The lowest BCUT2D eigenvalue weighted by Crippen LogP contribution is -2.34. The predicted octanol–water partition coefficient (Wildman–Crippen LogP) is 4.23. The zero-order valence-corrected chi connectivity index (χ0v) is 15.9. The zero-order valence-electron chi connectivity index (χ0n) is 15.1. The van der Waals surface area contributed by atoms with Crippen molar-refractivity contribution in [2.75, 3.05) is 26.2 Å². The van der Waals surface area contributed by atoms with E-state index < -0.39 is 5.97 Å². The summed E-state index contributed by atoms with van der Waals surface area (Å²) in [6.45, 7) is 2.58. The van der Waals surface area contributed by atoms with Crippen molar-refractivity contribution in [1.82, 2.24) is 4.90 Å². The summed E-state index contributed by atoms with van der Waals surface area (Å²) >= 11 is 0. The van der Waals surface area contributed by atoms with Crippen molar-refractivity contribution < 1.29 is 14.6 Å². The number of hydrogen-bond donors (Lipinski definition) is 1. The van der Waals surface area contributed by atoms with Gasteiger partial charge in [-0.2, -0.15) is 0 Å². The Morgan fingerprint density at radius 1 is 1.04 bits per heavy atom. The molecule has 0 aromatic heterocycles. The van der Waals surface area contributed by atoms with Gasteiger partial charge in [-0.05, 0) is 17.5 Å². The molecule has 1 aliphatic heterocycles. The highest BCUT2D eigenvalue weighted by Gasteiger charge is 2.16. The highest BCUT2D eigenvalue weighted by molar-refractivity contribution is 5.87. The number of halogens is 1. The lowest BCUT2D eigenvalue weighted by Gasteiger charge is -2.25. The third-order valence-corrected chi connectivity index (χ3v) is 4.40. The molecule has 0 aliphatic carbocycles. The van der Waals surface area contributed by atoms with E-state index in [-0.39, 0.29) is 12.4 Å². The topological polar surface area (TPSA) is 49.8 Å². The number of ether oxygens (including phenoxy) is 1. The van der Waals surface area contributed by atoms with Crippen LogP contribution in [0, 0.1) is 0 Å². The van der Waals surface area contributed by atoms with E-state index in [0.29, 0.717) is 25.3 Å². The average molecular weight is 386 g/mol. The molecule has 142 valence electrons. The second-order valence-electron chi connectivity index (χ2n) is 6.23. The van der Waals surface area contributed by atoms with Gasteiger partial charge in [0.05, 0.1) is 6.26 Å². The van der Waals surface area contributed by atoms with Gasteiger partial charge in [0.25, 0.3) is 0 Å². The van der Waals surface area contributed by atoms with Crippen LogP contribution in [-0.2, 0) is 9.53 Å². The molecule has 3 rings (SSSR count). The molecule has 0 unspecified atom stereocenters. The van der Waals surface area contributed by atoms with Crippen LogP contribution in [0.1, 0.15) is 17.5 Å². The fraction of sp³-hybridized carbons (Fsp3) is 0.227. The van der Waals surface area contributed by atoms with Gasteiger partial charge in [-0.1, -0.05) is 66.7 Å². The average Bonchev–Trinajstić information content (AvgIpc) is 2.69. The van der Waals surface area contributed by atoms with E-state index in [2.05, 4.69) is 29.2 Å². The van der Waals surface area contributed by atoms with Gasteiger partial charge in [0, 0.05) is 30.8 Å². The van der Waals surface area contributed by atoms with E-state index >= 15 is 0 Å². The molecule has 5 heteroatoms. The van der Waals surface area contributed by atoms with Gasteiger partial charge in [0.1, 0.15) is 6.61 Å². The number of carboxylic acids is 1. The van der Waals surface area contributed by atoms with Gasteiger partial charge >= 0.3 is 5.97 Å². The quantitative estimate of drug-likeness (QED) is 0.572. The first kappa shape index (κ1) is 20.7. The summed E-state index contributed by atoms with van der Waals surface area (Å²) in [6, 6.07) is 20.3. The molecular formula is C22H24ClNO3. The maximum absolute atomic E-state index is 11.1. The Bertz CT molecular complexity index is 746. The van der Waals surface area contributed by atoms with Crippen LogP contribution < -0.4 is 0 Å². The van der Waals surface area contributed by atoms with Crippen LogP contribution >= 0.6 is 12.4 Å². The second kappa shape index (κ2) is 10.6. The van der Waals surface area contributed by atoms with E-state index in [1.165, 1.54) is 0 Å². The van der Waals surface area contributed by atoms with Crippen LogP contribution in [0.2, 0.25) is 0 Å². The van der Waals surface area contributed by atoms with Crippen molar-refractivity contribution in [2.45, 2.75) is 6.42 Å². The monoisotopic (exact) mass is 385 g/mol. The van der Waals surface area contributed by atoms with E-state index in [4.69, 9.17) is 9.84 Å². The summed E-state index contributed by atoms with van der Waals surface area (Å²) in [6.07, 6.45) is 4.39. The van der Waals surface area contributed by atoms with Crippen molar-refractivity contribution in [3.63, 3.8) is 0 Å². The van der Waals surface area contributed by atoms with Gasteiger partial charge in [0.15, 0.2) is 0 Å². The molecule has 0 radical (unpaired) electrons. The van der Waals surface area contributed by atoms with Gasteiger partial charge in [-0.3, -0.25) is 4.90 Å². The van der Waals surface area contributed by atoms with Crippen LogP contribution in [-0.4, -0.2) is 42.2 Å². The fourth-order valence-electron chi connectivity index (χ4n) is 3.01. The summed E-state index contributed by atoms with van der Waals surface area (Å²) < 4.78 is 5.83. The Hall–Kier alpha value is -2.56. The molecule has 1 heterocycles. The highest BCUT2D eigenvalue weighted by atomic mass is 35.5. The maximum Gasteiger partial charge on any atom is 0.332 e. The second-order valence-corrected chi connectivity index (χ2v) is 6.23. The van der Waals surface area contributed by atoms with Crippen molar-refractivity contribution >= 4 is 23.9 Å². The number of rotatable bonds is 7. The van der Waals surface area contributed by atoms with Crippen LogP contribution in [0.4, 0.5) is 0 Å². The SMILES string of the molecule is Cl.O=C(O)C1=CCCN(CCOC=C(c2ccccc2)c2ccccc2)C1. The minimum atomic E-state index is -0.828. The molecule has 0 bridgehead atoms. The number of carboxylic acid groups (broad SMARTS) is 1. The predicted molar refractivity (Wildman–Crippen MR) is 110 cm³/mol. The first-order chi connectivity index (χ1) is 12.7. The normalized spacial score (nSPS) is 13.9. The Labute approximate surface area is 166 Å². The number of aliphatic carboxylic acids is 1. The molecule has 1 N–H and O–H groups in total. The molecule has 1 aliphatic rings. The largest absolute Gasteiger partial charge is 0.499 e. The molecule has 4 nitrogen and oxygen atoms in total. The fourth-order valence-corrected chi connectivity index (χ4v) is 3.01. The molecule has 0 spiro atoms. The van der Waals surface area contributed by atoms with Gasteiger partial charge in [0.2, 0.25) is 0 Å². The molecule has 0 atom stereocenters. The number of hydrogen-bond acceptors (Lipinski definition) is 3. The Morgan fingerprint density at radius 2 is 1.63 bits per heavy atom. The van der Waals surface area contributed by atoms with E-state index in [0.717, 1.165) is 29.7 Å². The van der Waals surface area contributed by atoms with E-state index in [9.17, 15) is 4.79 Å². The van der Waals surface area contributed by atoms with Gasteiger partial charge < -0.3 is 9.84 Å². The molecule has 0 saturated carbocycles. The minimum absolute atomic E-state index is 0. The molecule has 2 aromatic rings. The van der Waals surface area contributed by atoms with E-state index in [1.807, 2.05) is 48.7 Å². The Balaban J connectivity index is 0.00000261. The molecule has 27 heavy (non-hydrogen) atoms. The molecule has 0 amide bonds. The van der Waals surface area contributed by atoms with Crippen LogP contribution in [0.5, 0.6) is 0 Å². The third-order valence-electron chi connectivity index (χ3n) is 4.40. The molecule has 0 fully saturated rings. The number of nitrogens with zero attached hydrogens (tertiary/aromatic N) is 1. The summed E-state index contributed by atoms with van der Waals surface area (Å²) in [5, 5.41) is 9.12. The third kappa shape index (κ3) is 5.98. The van der Waals surface area contributed by atoms with Crippen LogP contribution in [0.3, 0.4) is 0 Å². The summed E-state index contributed by atoms with van der Waals surface area (Å²) in [5.41, 5.74) is 3.72. The standard InChI is InChI=1S/C22H23NO3.ClH/c24-22(25)20-12-7-13-23(16-20)14-15-26-17-21(18-8-3-1-4-9-18)19-10-5-2-6-11-19;/h1-6,8-12,17H,7,13-16H2,(H,24,25);1H. The zero-order chi connectivity index (χ0) is 18.2. The van der Waals surface area contributed by atoms with Crippen molar-refractivity contribution in [3.8, 4) is 0 Å². The Kier molecular flexibility index (Phi) is 8.11. The summed E-state index contributed by atoms with van der Waals surface area (Å²) in [5.74, 6) is -0.828. The lowest BCUT2D eigenvalue weighted by atomic mass is 9.99. The van der Waals surface area contributed by atoms with Gasteiger partial charge in [-0.15, -0.1) is 12.4 Å². The van der Waals surface area contributed by atoms with E-state index in [1.54, 1.807) is 0 Å². The Morgan fingerprint density at radius 3 is 2.19 bits per heavy atom. The van der Waals surface area contributed by atoms with Crippen LogP contribution in [0.25, 0.3) is 5.57 Å². The molecular weight excluding hydrogens is 362 g/mol. The van der Waals surface area contributed by atoms with Crippen LogP contribution in [0.15, 0.2) is 78.6 Å². The van der Waals surface area contributed by atoms with Gasteiger partial charge in [-0.25, -0.2) is 4.79 Å². The summed E-state index contributed by atoms with van der Waals surface area (Å²) in [7, 11) is 0. The number of carbonyl (C=O) groups is 1. The first-order valence-corrected chi connectivity index (χ1v) is 8.81. The smallest absolute Gasteiger partial charge is 0.332 e. The first-order valence-electron chi connectivity index (χ1n) is 8.81. The number of benzene rings is 2. The van der Waals surface area contributed by atoms with Crippen molar-refractivity contribution in [1.29, 1.82) is 0 Å². The minimum Gasteiger partial charge on any atom is -0.499 e. The van der Waals surface area contributed by atoms with Crippen molar-refractivity contribution in [2.24, 2.45) is 0 Å². The molecule has 0 saturated heterocycles. The highest BCUT2D eigenvalue weighted by Crippen LogP contribution is 2.23. The molecule has 2 aromatic carbocycles. The maximum atomic E-state index is 11.1. The van der Waals surface area contributed by atoms with Crippen molar-refractivity contribution in [3.05, 3.63) is 89.7 Å². The summed E-state index contributed by atoms with van der Waals surface area (Å²) in [4.78, 5) is 13.2.